The van der Waals surface area contributed by atoms with Gasteiger partial charge in [-0.1, -0.05) is 39.0 Å². The Labute approximate surface area is 151 Å². The molecule has 0 saturated heterocycles. The Morgan fingerprint density at radius 1 is 0.920 bits per heavy atom. The molecule has 3 nitrogen and oxygen atoms in total. The van der Waals surface area contributed by atoms with Gasteiger partial charge in [0.1, 0.15) is 11.5 Å². The van der Waals surface area contributed by atoms with Crippen LogP contribution in [0.25, 0.3) is 0 Å². The van der Waals surface area contributed by atoms with Crippen LogP contribution in [0.15, 0.2) is 42.5 Å². The normalized spacial score (nSPS) is 11.2. The lowest BCUT2D eigenvalue weighted by atomic mass is 9.87. The zero-order valence-corrected chi connectivity index (χ0v) is 15.9. The van der Waals surface area contributed by atoms with E-state index in [0.29, 0.717) is 25.2 Å². The van der Waals surface area contributed by atoms with Crippen molar-refractivity contribution in [2.24, 2.45) is 0 Å². The van der Waals surface area contributed by atoms with E-state index in [0.717, 1.165) is 11.3 Å². The monoisotopic (exact) mass is 340 g/mol. The van der Waals surface area contributed by atoms with Crippen molar-refractivity contribution in [1.82, 2.24) is 0 Å². The summed E-state index contributed by atoms with van der Waals surface area (Å²) >= 11 is 0. The molecule has 0 saturated carbocycles. The quantitative estimate of drug-likeness (QED) is 0.403. The highest BCUT2D eigenvalue weighted by Crippen LogP contribution is 2.24. The Morgan fingerprint density at radius 3 is 2.16 bits per heavy atom. The molecule has 0 aromatic heterocycles. The maximum atomic E-state index is 11.9. The third kappa shape index (κ3) is 5.93. The molecule has 0 radical (unpaired) electrons. The second-order valence-electron chi connectivity index (χ2n) is 7.45. The van der Waals surface area contributed by atoms with Gasteiger partial charge < -0.3 is 9.47 Å². The van der Waals surface area contributed by atoms with Crippen molar-refractivity contribution in [2.45, 2.75) is 52.9 Å². The van der Waals surface area contributed by atoms with Gasteiger partial charge in [0.25, 0.3) is 0 Å². The van der Waals surface area contributed by atoms with Gasteiger partial charge in [0.05, 0.1) is 6.61 Å². The lowest BCUT2D eigenvalue weighted by Crippen LogP contribution is -2.11. The molecule has 0 heterocycles. The van der Waals surface area contributed by atoms with Crippen molar-refractivity contribution in [1.29, 1.82) is 0 Å². The van der Waals surface area contributed by atoms with E-state index in [9.17, 15) is 4.79 Å². The molecule has 134 valence electrons. The minimum Gasteiger partial charge on any atom is -0.494 e. The number of hydrogen-bond donors (Lipinski definition) is 0. The molecule has 2 rings (SSSR count). The lowest BCUT2D eigenvalue weighted by Gasteiger charge is -2.19. The van der Waals surface area contributed by atoms with Crippen molar-refractivity contribution in [3.63, 3.8) is 0 Å². The van der Waals surface area contributed by atoms with Crippen LogP contribution in [-0.4, -0.2) is 12.6 Å². The number of aryl methyl sites for hydroxylation is 2. The Hall–Kier alpha value is -2.29. The maximum absolute atomic E-state index is 11.9. The van der Waals surface area contributed by atoms with Crippen molar-refractivity contribution in [3.8, 4) is 11.5 Å². The molecule has 0 aliphatic heterocycles. The molecular weight excluding hydrogens is 312 g/mol. The van der Waals surface area contributed by atoms with Crippen LogP contribution in [0.1, 0.15) is 50.3 Å². The van der Waals surface area contributed by atoms with Gasteiger partial charge in [-0.25, -0.2) is 0 Å². The summed E-state index contributed by atoms with van der Waals surface area (Å²) in [5, 5.41) is 0. The van der Waals surface area contributed by atoms with E-state index in [1.54, 1.807) is 0 Å². The smallest absolute Gasteiger partial charge is 0.311 e. The number of carbonyl (C=O) groups excluding carboxylic acids is 1. The minimum absolute atomic E-state index is 0.136. The van der Waals surface area contributed by atoms with Crippen LogP contribution >= 0.6 is 0 Å². The molecule has 0 aliphatic rings. The highest BCUT2D eigenvalue weighted by molar-refractivity contribution is 5.72. The lowest BCUT2D eigenvalue weighted by molar-refractivity contribution is -0.134. The second kappa shape index (κ2) is 8.19. The topological polar surface area (TPSA) is 35.5 Å². The van der Waals surface area contributed by atoms with Gasteiger partial charge in [0, 0.05) is 6.42 Å². The van der Waals surface area contributed by atoms with Gasteiger partial charge in [-0.2, -0.15) is 0 Å². The number of esters is 1. The zero-order chi connectivity index (χ0) is 18.4. The van der Waals surface area contributed by atoms with Crippen LogP contribution in [0.4, 0.5) is 0 Å². The molecule has 0 fully saturated rings. The standard InChI is InChI=1S/C22H28O3/c1-16-8-11-20(15-17(16)2)25-21(23)7-6-14-24-19-12-9-18(10-13-19)22(3,4)5/h8-13,15H,6-7,14H2,1-5H3. The van der Waals surface area contributed by atoms with E-state index in [1.807, 2.05) is 44.2 Å². The van der Waals surface area contributed by atoms with Crippen LogP contribution in [0.5, 0.6) is 11.5 Å². The molecule has 2 aromatic carbocycles. The van der Waals surface area contributed by atoms with Crippen molar-refractivity contribution >= 4 is 5.97 Å². The first kappa shape index (κ1) is 19.0. The first-order valence-electron chi connectivity index (χ1n) is 8.77. The predicted molar refractivity (Wildman–Crippen MR) is 101 cm³/mol. The van der Waals surface area contributed by atoms with Gasteiger partial charge in [-0.3, -0.25) is 4.79 Å². The Morgan fingerprint density at radius 2 is 1.56 bits per heavy atom. The van der Waals surface area contributed by atoms with E-state index in [-0.39, 0.29) is 11.4 Å². The molecule has 0 atom stereocenters. The third-order valence-electron chi connectivity index (χ3n) is 4.22. The molecule has 0 spiro atoms. The molecule has 25 heavy (non-hydrogen) atoms. The van der Waals surface area contributed by atoms with Crippen LogP contribution in [0, 0.1) is 13.8 Å². The molecular formula is C22H28O3. The van der Waals surface area contributed by atoms with Crippen LogP contribution < -0.4 is 9.47 Å². The van der Waals surface area contributed by atoms with Gasteiger partial charge in [0.2, 0.25) is 0 Å². The summed E-state index contributed by atoms with van der Waals surface area (Å²) in [4.78, 5) is 11.9. The van der Waals surface area contributed by atoms with Crippen LogP contribution in [-0.2, 0) is 10.2 Å². The summed E-state index contributed by atoms with van der Waals surface area (Å²) < 4.78 is 11.1. The van der Waals surface area contributed by atoms with Crippen molar-refractivity contribution in [2.75, 3.05) is 6.61 Å². The van der Waals surface area contributed by atoms with Crippen molar-refractivity contribution in [3.05, 3.63) is 59.2 Å². The van der Waals surface area contributed by atoms with Crippen LogP contribution in [0.3, 0.4) is 0 Å². The molecule has 0 aliphatic carbocycles. The summed E-state index contributed by atoms with van der Waals surface area (Å²) in [6, 6.07) is 13.8. The number of rotatable bonds is 6. The van der Waals surface area contributed by atoms with Crippen molar-refractivity contribution < 1.29 is 14.3 Å². The number of carbonyl (C=O) groups is 1. The fraction of sp³-hybridized carbons (Fsp3) is 0.409. The van der Waals surface area contributed by atoms with E-state index >= 15 is 0 Å². The largest absolute Gasteiger partial charge is 0.494 e. The third-order valence-corrected chi connectivity index (χ3v) is 4.22. The Bertz CT molecular complexity index is 709. The Balaban J connectivity index is 1.73. The fourth-order valence-electron chi connectivity index (χ4n) is 2.42. The summed E-state index contributed by atoms with van der Waals surface area (Å²) in [5.74, 6) is 1.21. The maximum Gasteiger partial charge on any atom is 0.311 e. The average molecular weight is 340 g/mol. The zero-order valence-electron chi connectivity index (χ0n) is 15.9. The predicted octanol–water partition coefficient (Wildman–Crippen LogP) is 5.37. The average Bonchev–Trinajstić information content (AvgIpc) is 2.55. The molecule has 0 amide bonds. The molecule has 0 bridgehead atoms. The molecule has 3 heteroatoms. The SMILES string of the molecule is Cc1ccc(OC(=O)CCCOc2ccc(C(C)(C)C)cc2)cc1C. The molecule has 2 aromatic rings. The van der Waals surface area contributed by atoms with E-state index in [4.69, 9.17) is 9.47 Å². The second-order valence-corrected chi connectivity index (χ2v) is 7.45. The van der Waals surface area contributed by atoms with Gasteiger partial charge in [0.15, 0.2) is 0 Å². The fourth-order valence-corrected chi connectivity index (χ4v) is 2.42. The van der Waals surface area contributed by atoms with Crippen LogP contribution in [0.2, 0.25) is 0 Å². The number of ether oxygens (including phenoxy) is 2. The number of benzene rings is 2. The van der Waals surface area contributed by atoms with Gasteiger partial charge in [-0.15, -0.1) is 0 Å². The van der Waals surface area contributed by atoms with Gasteiger partial charge in [-0.05, 0) is 66.6 Å². The summed E-state index contributed by atoms with van der Waals surface area (Å²) in [6.45, 7) is 11.1. The Kier molecular flexibility index (Phi) is 6.24. The van der Waals surface area contributed by atoms with E-state index in [2.05, 4.69) is 32.9 Å². The molecule has 0 N–H and O–H groups in total. The minimum atomic E-state index is -0.227. The summed E-state index contributed by atoms with van der Waals surface area (Å²) in [5.41, 5.74) is 3.71. The molecule has 0 unspecified atom stereocenters. The highest BCUT2D eigenvalue weighted by Gasteiger charge is 2.13. The first-order chi connectivity index (χ1) is 11.8. The highest BCUT2D eigenvalue weighted by atomic mass is 16.5. The van der Waals surface area contributed by atoms with Gasteiger partial charge >= 0.3 is 5.97 Å². The summed E-state index contributed by atoms with van der Waals surface area (Å²) in [7, 11) is 0. The summed E-state index contributed by atoms with van der Waals surface area (Å²) in [6.07, 6.45) is 0.970. The number of hydrogen-bond acceptors (Lipinski definition) is 3. The first-order valence-corrected chi connectivity index (χ1v) is 8.77. The van der Waals surface area contributed by atoms with E-state index in [1.165, 1.54) is 11.1 Å². The van der Waals surface area contributed by atoms with E-state index < -0.39 is 0 Å².